The number of urea groups is 1. The van der Waals surface area contributed by atoms with E-state index in [4.69, 9.17) is 4.74 Å². The topological polar surface area (TPSA) is 44.8 Å². The van der Waals surface area contributed by atoms with E-state index in [1.54, 1.807) is 0 Å². The average Bonchev–Trinajstić information content (AvgIpc) is 3.15. The third-order valence-electron chi connectivity index (χ3n) is 5.49. The van der Waals surface area contributed by atoms with Gasteiger partial charge in [0.2, 0.25) is 0 Å². The molecule has 1 saturated carbocycles. The van der Waals surface area contributed by atoms with Crippen molar-refractivity contribution in [2.24, 2.45) is 0 Å². The largest absolute Gasteiger partial charge is 0.378 e. The second-order valence-corrected chi connectivity index (χ2v) is 7.86. The van der Waals surface area contributed by atoms with Gasteiger partial charge in [-0.25, -0.2) is 4.79 Å². The van der Waals surface area contributed by atoms with Gasteiger partial charge in [-0.2, -0.15) is 0 Å². The van der Waals surface area contributed by atoms with Crippen LogP contribution in [0.15, 0.2) is 24.3 Å². The fourth-order valence-corrected chi connectivity index (χ4v) is 3.89. The standard InChI is InChI=1S/C21H33N3O2/c1-23(2)19-12-10-17(11-13-19)15-24(16-20-9-6-14-26-20)21(25)22-18-7-4-3-5-8-18/h10-13,18,20H,3-9,14-16H2,1-2H3,(H,22,25). The molecule has 2 aliphatic rings. The van der Waals surface area contributed by atoms with Crippen LogP contribution < -0.4 is 10.2 Å². The number of hydrogen-bond donors (Lipinski definition) is 1. The normalized spacial score (nSPS) is 20.8. The maximum atomic E-state index is 12.9. The second kappa shape index (κ2) is 9.26. The lowest BCUT2D eigenvalue weighted by Gasteiger charge is -2.30. The molecule has 0 spiro atoms. The molecule has 0 bridgehead atoms. The summed E-state index contributed by atoms with van der Waals surface area (Å²) in [5, 5.41) is 3.27. The minimum Gasteiger partial charge on any atom is -0.378 e. The van der Waals surface area contributed by atoms with E-state index in [1.807, 2.05) is 19.0 Å². The Labute approximate surface area is 157 Å². The first kappa shape index (κ1) is 19.0. The molecule has 0 aromatic heterocycles. The summed E-state index contributed by atoms with van der Waals surface area (Å²) in [5.74, 6) is 0. The summed E-state index contributed by atoms with van der Waals surface area (Å²) in [7, 11) is 4.08. The van der Waals surface area contributed by atoms with E-state index in [0.717, 1.165) is 37.9 Å². The molecule has 1 N–H and O–H groups in total. The Bertz CT molecular complexity index is 561. The van der Waals surface area contributed by atoms with Gasteiger partial charge in [-0.3, -0.25) is 0 Å². The van der Waals surface area contributed by atoms with E-state index in [9.17, 15) is 4.79 Å². The highest BCUT2D eigenvalue weighted by atomic mass is 16.5. The Morgan fingerprint density at radius 1 is 1.08 bits per heavy atom. The molecule has 5 nitrogen and oxygen atoms in total. The highest BCUT2D eigenvalue weighted by Gasteiger charge is 2.25. The summed E-state index contributed by atoms with van der Waals surface area (Å²) >= 11 is 0. The number of amides is 2. The molecule has 26 heavy (non-hydrogen) atoms. The zero-order valence-corrected chi connectivity index (χ0v) is 16.2. The summed E-state index contributed by atoms with van der Waals surface area (Å²) in [6, 6.07) is 8.85. The van der Waals surface area contributed by atoms with Crippen LogP contribution in [0.2, 0.25) is 0 Å². The number of nitrogens with one attached hydrogen (secondary N) is 1. The third kappa shape index (κ3) is 5.37. The number of carbonyl (C=O) groups excluding carboxylic acids is 1. The van der Waals surface area contributed by atoms with Crippen LogP contribution in [0.25, 0.3) is 0 Å². The number of nitrogens with zero attached hydrogens (tertiary/aromatic N) is 2. The van der Waals surface area contributed by atoms with Gasteiger partial charge in [0.25, 0.3) is 0 Å². The van der Waals surface area contributed by atoms with Gasteiger partial charge in [-0.1, -0.05) is 31.4 Å². The molecule has 1 aliphatic heterocycles. The van der Waals surface area contributed by atoms with Crippen molar-refractivity contribution in [3.8, 4) is 0 Å². The molecule has 2 amide bonds. The molecule has 2 fully saturated rings. The highest BCUT2D eigenvalue weighted by molar-refractivity contribution is 5.74. The van der Waals surface area contributed by atoms with E-state index in [1.165, 1.54) is 24.9 Å². The van der Waals surface area contributed by atoms with Gasteiger partial charge in [0.1, 0.15) is 0 Å². The predicted molar refractivity (Wildman–Crippen MR) is 106 cm³/mol. The Balaban J connectivity index is 1.64. The average molecular weight is 360 g/mol. The van der Waals surface area contributed by atoms with Crippen LogP contribution in [-0.2, 0) is 11.3 Å². The zero-order valence-electron chi connectivity index (χ0n) is 16.2. The predicted octanol–water partition coefficient (Wildman–Crippen LogP) is 3.78. The summed E-state index contributed by atoms with van der Waals surface area (Å²) < 4.78 is 5.78. The van der Waals surface area contributed by atoms with Gasteiger partial charge in [0.15, 0.2) is 0 Å². The first-order valence-electron chi connectivity index (χ1n) is 10.0. The Morgan fingerprint density at radius 3 is 2.42 bits per heavy atom. The molecule has 1 aliphatic carbocycles. The van der Waals surface area contributed by atoms with Gasteiger partial charge in [-0.05, 0) is 43.4 Å². The van der Waals surface area contributed by atoms with Crippen LogP contribution >= 0.6 is 0 Å². The number of hydrogen-bond acceptors (Lipinski definition) is 3. The molecule has 5 heteroatoms. The number of carbonyl (C=O) groups is 1. The molecule has 1 aromatic rings. The molecule has 1 atom stereocenters. The molecule has 144 valence electrons. The van der Waals surface area contributed by atoms with Crippen LogP contribution in [0.4, 0.5) is 10.5 Å². The van der Waals surface area contributed by atoms with E-state index >= 15 is 0 Å². The first-order valence-corrected chi connectivity index (χ1v) is 10.0. The molecule has 1 saturated heterocycles. The Hall–Kier alpha value is -1.75. The molecule has 1 heterocycles. The lowest BCUT2D eigenvalue weighted by atomic mass is 9.96. The van der Waals surface area contributed by atoms with Crippen LogP contribution in [0.5, 0.6) is 0 Å². The van der Waals surface area contributed by atoms with Gasteiger partial charge >= 0.3 is 6.03 Å². The van der Waals surface area contributed by atoms with E-state index in [2.05, 4.69) is 34.5 Å². The smallest absolute Gasteiger partial charge is 0.318 e. The fraction of sp³-hybridized carbons (Fsp3) is 0.667. The second-order valence-electron chi connectivity index (χ2n) is 7.86. The van der Waals surface area contributed by atoms with Crippen LogP contribution in [0.1, 0.15) is 50.5 Å². The summed E-state index contributed by atoms with van der Waals surface area (Å²) in [4.78, 5) is 17.0. The Morgan fingerprint density at radius 2 is 1.81 bits per heavy atom. The quantitative estimate of drug-likeness (QED) is 0.841. The summed E-state index contributed by atoms with van der Waals surface area (Å²) in [6.07, 6.45) is 8.28. The summed E-state index contributed by atoms with van der Waals surface area (Å²) in [5.41, 5.74) is 2.33. The SMILES string of the molecule is CN(C)c1ccc(CN(CC2CCCO2)C(=O)NC2CCCCC2)cc1. The van der Waals surface area contributed by atoms with Gasteiger partial charge < -0.3 is 19.9 Å². The van der Waals surface area contributed by atoms with Crippen molar-refractivity contribution in [2.45, 2.75) is 63.6 Å². The van der Waals surface area contributed by atoms with Crippen LogP contribution in [-0.4, -0.2) is 50.3 Å². The molecule has 1 aromatic carbocycles. The van der Waals surface area contributed by atoms with Crippen molar-refractivity contribution in [1.82, 2.24) is 10.2 Å². The minimum atomic E-state index is 0.0593. The molecular formula is C21H33N3O2. The van der Waals surface area contributed by atoms with E-state index < -0.39 is 0 Å². The number of ether oxygens (including phenoxy) is 1. The van der Waals surface area contributed by atoms with Gasteiger partial charge in [-0.15, -0.1) is 0 Å². The van der Waals surface area contributed by atoms with Crippen LogP contribution in [0.3, 0.4) is 0 Å². The van der Waals surface area contributed by atoms with E-state index in [0.29, 0.717) is 19.1 Å². The zero-order chi connectivity index (χ0) is 18.4. The van der Waals surface area contributed by atoms with Crippen molar-refractivity contribution >= 4 is 11.7 Å². The lowest BCUT2D eigenvalue weighted by Crippen LogP contribution is -2.47. The monoisotopic (exact) mass is 359 g/mol. The van der Waals surface area contributed by atoms with Crippen molar-refractivity contribution in [1.29, 1.82) is 0 Å². The third-order valence-corrected chi connectivity index (χ3v) is 5.49. The Kier molecular flexibility index (Phi) is 6.78. The summed E-state index contributed by atoms with van der Waals surface area (Å²) in [6.45, 7) is 2.13. The van der Waals surface area contributed by atoms with Crippen molar-refractivity contribution in [3.05, 3.63) is 29.8 Å². The maximum Gasteiger partial charge on any atom is 0.318 e. The van der Waals surface area contributed by atoms with Crippen molar-refractivity contribution in [2.75, 3.05) is 32.1 Å². The van der Waals surface area contributed by atoms with Crippen LogP contribution in [0, 0.1) is 0 Å². The van der Waals surface area contributed by atoms with Gasteiger partial charge in [0.05, 0.1) is 6.10 Å². The number of benzene rings is 1. The minimum absolute atomic E-state index is 0.0593. The lowest BCUT2D eigenvalue weighted by molar-refractivity contribution is 0.0785. The number of anilines is 1. The highest BCUT2D eigenvalue weighted by Crippen LogP contribution is 2.20. The molecule has 3 rings (SSSR count). The maximum absolute atomic E-state index is 12.9. The molecular weight excluding hydrogens is 326 g/mol. The molecule has 1 unspecified atom stereocenters. The first-order chi connectivity index (χ1) is 12.6. The molecule has 0 radical (unpaired) electrons. The van der Waals surface area contributed by atoms with Crippen molar-refractivity contribution < 1.29 is 9.53 Å². The fourth-order valence-electron chi connectivity index (χ4n) is 3.89. The van der Waals surface area contributed by atoms with Gasteiger partial charge in [0, 0.05) is 45.5 Å². The number of rotatable bonds is 6. The van der Waals surface area contributed by atoms with E-state index in [-0.39, 0.29) is 12.1 Å². The van der Waals surface area contributed by atoms with Crippen molar-refractivity contribution in [3.63, 3.8) is 0 Å².